The summed E-state index contributed by atoms with van der Waals surface area (Å²) in [5.41, 5.74) is 3.41. The zero-order valence-corrected chi connectivity index (χ0v) is 17.0. The van der Waals surface area contributed by atoms with Crippen molar-refractivity contribution in [3.63, 3.8) is 0 Å². The fourth-order valence-electron chi connectivity index (χ4n) is 4.29. The molecule has 1 aromatic heterocycles. The first-order valence-corrected chi connectivity index (χ1v) is 10.5. The number of benzene rings is 1. The van der Waals surface area contributed by atoms with Gasteiger partial charge in [-0.15, -0.1) is 0 Å². The Morgan fingerprint density at radius 2 is 1.86 bits per heavy atom. The molecular formula is C22H31FN4O. The molecule has 6 heteroatoms. The van der Waals surface area contributed by atoms with Gasteiger partial charge >= 0.3 is 0 Å². The fourth-order valence-corrected chi connectivity index (χ4v) is 4.29. The lowest BCUT2D eigenvalue weighted by molar-refractivity contribution is 0.128. The van der Waals surface area contributed by atoms with Gasteiger partial charge in [0.2, 0.25) is 0 Å². The summed E-state index contributed by atoms with van der Waals surface area (Å²) in [7, 11) is 3.96. The molecule has 5 nitrogen and oxygen atoms in total. The van der Waals surface area contributed by atoms with Gasteiger partial charge in [0.25, 0.3) is 0 Å². The molecule has 1 aliphatic heterocycles. The van der Waals surface area contributed by atoms with Crippen molar-refractivity contribution in [1.29, 1.82) is 0 Å². The van der Waals surface area contributed by atoms with Crippen molar-refractivity contribution in [2.75, 3.05) is 45.3 Å². The van der Waals surface area contributed by atoms with Crippen LogP contribution in [0.2, 0.25) is 0 Å². The Labute approximate surface area is 167 Å². The van der Waals surface area contributed by atoms with E-state index in [4.69, 9.17) is 9.84 Å². The van der Waals surface area contributed by atoms with Gasteiger partial charge in [-0.2, -0.15) is 5.10 Å². The molecule has 152 valence electrons. The van der Waals surface area contributed by atoms with Crippen LogP contribution in [0.15, 0.2) is 30.5 Å². The van der Waals surface area contributed by atoms with Gasteiger partial charge < -0.3 is 14.5 Å². The van der Waals surface area contributed by atoms with Crippen LogP contribution in [-0.2, 0) is 4.74 Å². The lowest BCUT2D eigenvalue weighted by atomic mass is 9.82. The molecular weight excluding hydrogens is 355 g/mol. The van der Waals surface area contributed by atoms with E-state index >= 15 is 0 Å². The molecule has 2 aromatic rings. The largest absolute Gasteiger partial charge is 0.383 e. The molecule has 0 N–H and O–H groups in total. The minimum absolute atomic E-state index is 0.213. The second-order valence-electron chi connectivity index (χ2n) is 8.14. The predicted molar refractivity (Wildman–Crippen MR) is 110 cm³/mol. The average Bonchev–Trinajstić information content (AvgIpc) is 3.10. The van der Waals surface area contributed by atoms with Gasteiger partial charge in [0.05, 0.1) is 29.9 Å². The first kappa shape index (κ1) is 19.4. The molecule has 0 atom stereocenters. The summed E-state index contributed by atoms with van der Waals surface area (Å²) in [6.45, 7) is 3.87. The summed E-state index contributed by atoms with van der Waals surface area (Å²) < 4.78 is 20.4. The summed E-state index contributed by atoms with van der Waals surface area (Å²) in [4.78, 5) is 4.93. The number of hydrogen-bond acceptors (Lipinski definition) is 4. The summed E-state index contributed by atoms with van der Waals surface area (Å²) in [5, 5.41) is 4.93. The molecule has 1 saturated heterocycles. The predicted octanol–water partition coefficient (Wildman–Crippen LogP) is 3.83. The Bertz CT molecular complexity index is 763. The fraction of sp³-hybridized carbons (Fsp3) is 0.591. The number of likely N-dealkylation sites (N-methyl/N-ethyl adjacent to an activating group) is 1. The minimum Gasteiger partial charge on any atom is -0.383 e. The molecule has 1 saturated carbocycles. The number of ether oxygens (including phenoxy) is 1. The topological polar surface area (TPSA) is 33.5 Å². The summed E-state index contributed by atoms with van der Waals surface area (Å²) in [6.07, 6.45) is 8.21. The van der Waals surface area contributed by atoms with E-state index in [1.165, 1.54) is 42.8 Å². The number of rotatable bonds is 7. The zero-order chi connectivity index (χ0) is 19.5. The summed E-state index contributed by atoms with van der Waals surface area (Å²) >= 11 is 0. The Morgan fingerprint density at radius 3 is 2.46 bits per heavy atom. The van der Waals surface area contributed by atoms with Crippen LogP contribution >= 0.6 is 0 Å². The van der Waals surface area contributed by atoms with E-state index in [2.05, 4.69) is 23.0 Å². The minimum atomic E-state index is -0.213. The number of piperidine rings is 1. The number of anilines is 1. The third-order valence-electron chi connectivity index (χ3n) is 6.38. The molecule has 28 heavy (non-hydrogen) atoms. The number of aromatic nitrogens is 2. The number of hydrogen-bond donors (Lipinski definition) is 0. The molecule has 1 aliphatic carbocycles. The van der Waals surface area contributed by atoms with Crippen molar-refractivity contribution in [2.45, 2.75) is 44.1 Å². The molecule has 0 bridgehead atoms. The van der Waals surface area contributed by atoms with Crippen LogP contribution in [0.4, 0.5) is 10.1 Å². The standard InChI is InChI=1S/C22H31FN4O/c1-25(14-15-28-2)19-10-12-26(13-11-19)21-16-27(20-8-6-18(23)7-9-20)24-22(21)17-4-3-5-17/h6-9,16-17,19H,3-5,10-15H2,1-2H3. The zero-order valence-electron chi connectivity index (χ0n) is 17.0. The molecule has 0 amide bonds. The van der Waals surface area contributed by atoms with Gasteiger partial charge in [0.1, 0.15) is 5.82 Å². The second-order valence-corrected chi connectivity index (χ2v) is 8.14. The van der Waals surface area contributed by atoms with E-state index in [1.54, 1.807) is 19.2 Å². The second kappa shape index (κ2) is 8.62. The molecule has 1 aromatic carbocycles. The Kier molecular flexibility index (Phi) is 5.97. The van der Waals surface area contributed by atoms with Crippen LogP contribution in [0.3, 0.4) is 0 Å². The van der Waals surface area contributed by atoms with Crippen molar-refractivity contribution in [2.24, 2.45) is 0 Å². The van der Waals surface area contributed by atoms with E-state index in [1.807, 2.05) is 4.68 Å². The van der Waals surface area contributed by atoms with E-state index in [-0.39, 0.29) is 5.82 Å². The van der Waals surface area contributed by atoms with Crippen LogP contribution in [0.25, 0.3) is 5.69 Å². The third-order valence-corrected chi connectivity index (χ3v) is 6.38. The number of nitrogens with zero attached hydrogens (tertiary/aromatic N) is 4. The summed E-state index contributed by atoms with van der Waals surface area (Å²) in [5.74, 6) is 0.355. The Morgan fingerprint density at radius 1 is 1.14 bits per heavy atom. The SMILES string of the molecule is COCCN(C)C1CCN(c2cn(-c3ccc(F)cc3)nc2C2CCC2)CC1. The maximum atomic E-state index is 13.3. The van der Waals surface area contributed by atoms with Gasteiger partial charge in [0, 0.05) is 38.7 Å². The van der Waals surface area contributed by atoms with E-state index in [9.17, 15) is 4.39 Å². The van der Waals surface area contributed by atoms with Gasteiger partial charge in [-0.1, -0.05) is 6.42 Å². The molecule has 2 aliphatic rings. The lowest BCUT2D eigenvalue weighted by Crippen LogP contribution is -2.44. The molecule has 0 unspecified atom stereocenters. The van der Waals surface area contributed by atoms with Crippen LogP contribution < -0.4 is 4.90 Å². The van der Waals surface area contributed by atoms with Crippen LogP contribution in [0.1, 0.15) is 43.7 Å². The highest BCUT2D eigenvalue weighted by atomic mass is 19.1. The van der Waals surface area contributed by atoms with Gasteiger partial charge in [-0.3, -0.25) is 0 Å². The lowest BCUT2D eigenvalue weighted by Gasteiger charge is -2.38. The van der Waals surface area contributed by atoms with Gasteiger partial charge in [-0.05, 0) is 57.0 Å². The van der Waals surface area contributed by atoms with Crippen LogP contribution in [0.5, 0.6) is 0 Å². The van der Waals surface area contributed by atoms with Crippen molar-refractivity contribution in [1.82, 2.24) is 14.7 Å². The highest BCUT2D eigenvalue weighted by Crippen LogP contribution is 2.41. The molecule has 0 spiro atoms. The smallest absolute Gasteiger partial charge is 0.123 e. The highest BCUT2D eigenvalue weighted by Gasteiger charge is 2.30. The maximum Gasteiger partial charge on any atom is 0.123 e. The van der Waals surface area contributed by atoms with Crippen molar-refractivity contribution < 1.29 is 9.13 Å². The van der Waals surface area contributed by atoms with Crippen molar-refractivity contribution >= 4 is 5.69 Å². The number of halogens is 1. The monoisotopic (exact) mass is 386 g/mol. The maximum absolute atomic E-state index is 13.3. The van der Waals surface area contributed by atoms with E-state index in [0.717, 1.165) is 44.8 Å². The van der Waals surface area contributed by atoms with E-state index < -0.39 is 0 Å². The first-order valence-electron chi connectivity index (χ1n) is 10.5. The Hall–Kier alpha value is -1.92. The van der Waals surface area contributed by atoms with Gasteiger partial charge in [-0.25, -0.2) is 9.07 Å². The summed E-state index contributed by atoms with van der Waals surface area (Å²) in [6, 6.07) is 7.22. The van der Waals surface area contributed by atoms with Crippen LogP contribution in [-0.4, -0.2) is 61.1 Å². The Balaban J connectivity index is 1.50. The number of methoxy groups -OCH3 is 1. The van der Waals surface area contributed by atoms with Crippen molar-refractivity contribution in [3.8, 4) is 5.69 Å². The van der Waals surface area contributed by atoms with Crippen molar-refractivity contribution in [3.05, 3.63) is 42.0 Å². The third kappa shape index (κ3) is 4.08. The molecule has 2 heterocycles. The van der Waals surface area contributed by atoms with Crippen LogP contribution in [0, 0.1) is 5.82 Å². The molecule has 2 fully saturated rings. The highest BCUT2D eigenvalue weighted by molar-refractivity contribution is 5.54. The van der Waals surface area contributed by atoms with Gasteiger partial charge in [0.15, 0.2) is 0 Å². The quantitative estimate of drug-likeness (QED) is 0.724. The molecule has 4 rings (SSSR count). The average molecular weight is 387 g/mol. The first-order chi connectivity index (χ1) is 13.7. The normalized spacial score (nSPS) is 18.6. The molecule has 0 radical (unpaired) electrons. The van der Waals surface area contributed by atoms with E-state index in [0.29, 0.717) is 12.0 Å².